The fourth-order valence-corrected chi connectivity index (χ4v) is 2.87. The lowest BCUT2D eigenvalue weighted by atomic mass is 10.1. The number of urea groups is 1. The van der Waals surface area contributed by atoms with Gasteiger partial charge in [0, 0.05) is 25.1 Å². The van der Waals surface area contributed by atoms with Gasteiger partial charge in [-0.2, -0.15) is 0 Å². The topological polar surface area (TPSA) is 102 Å². The van der Waals surface area contributed by atoms with Gasteiger partial charge in [-0.1, -0.05) is 12.1 Å². The molecule has 8 nitrogen and oxygen atoms in total. The smallest absolute Gasteiger partial charge is 0.324 e. The predicted molar refractivity (Wildman–Crippen MR) is 100 cm³/mol. The molecule has 0 bridgehead atoms. The third-order valence-electron chi connectivity index (χ3n) is 4.67. The van der Waals surface area contributed by atoms with Crippen molar-refractivity contribution in [2.75, 3.05) is 13.1 Å². The molecular weight excluding hydrogens is 362 g/mol. The number of nitrogens with zero attached hydrogens (tertiary/aromatic N) is 2. The molecule has 8 heteroatoms. The highest BCUT2D eigenvalue weighted by molar-refractivity contribution is 5.98. The maximum Gasteiger partial charge on any atom is 0.324 e. The van der Waals surface area contributed by atoms with Crippen molar-refractivity contribution in [1.29, 1.82) is 0 Å². The number of carbonyl (C=O) groups is 3. The number of benzene rings is 1. The Morgan fingerprint density at radius 1 is 1.32 bits per heavy atom. The van der Waals surface area contributed by atoms with Gasteiger partial charge in [-0.25, -0.2) is 9.78 Å². The lowest BCUT2D eigenvalue weighted by Crippen LogP contribution is -2.41. The minimum atomic E-state index is -1.02. The Morgan fingerprint density at radius 2 is 2.11 bits per heavy atom. The largest absolute Gasteiger partial charge is 0.453 e. The Morgan fingerprint density at radius 3 is 2.79 bits per heavy atom. The fraction of sp³-hybridized carbons (Fsp3) is 0.400. The van der Waals surface area contributed by atoms with Crippen LogP contribution in [0.15, 0.2) is 28.8 Å². The first-order valence-electron chi connectivity index (χ1n) is 9.16. The highest BCUT2D eigenvalue weighted by Gasteiger charge is 2.31. The maximum absolute atomic E-state index is 12.1. The van der Waals surface area contributed by atoms with Crippen molar-refractivity contribution < 1.29 is 23.5 Å². The van der Waals surface area contributed by atoms with Gasteiger partial charge in [0.2, 0.25) is 0 Å². The minimum Gasteiger partial charge on any atom is -0.453 e. The standard InChI is InChI=1S/C20H23N3O5/c1-12-4-5-15(10-13(12)2)16-11-22-17(28-16)6-7-18(24)27-14(3)19(25)23-9-8-21-20(23)26/h4-5,10-11,14H,6-9H2,1-3H3,(H,21,26)/t14-/m1/s1. The average Bonchev–Trinajstić information content (AvgIpc) is 3.30. The highest BCUT2D eigenvalue weighted by Crippen LogP contribution is 2.23. The number of oxazole rings is 1. The molecule has 1 N–H and O–H groups in total. The molecule has 1 saturated heterocycles. The number of amides is 3. The molecule has 1 aromatic carbocycles. The predicted octanol–water partition coefficient (Wildman–Crippen LogP) is 2.37. The number of hydrogen-bond acceptors (Lipinski definition) is 6. The molecule has 0 aliphatic carbocycles. The van der Waals surface area contributed by atoms with Crippen LogP contribution in [0.3, 0.4) is 0 Å². The van der Waals surface area contributed by atoms with Crippen LogP contribution in [0, 0.1) is 13.8 Å². The molecule has 148 valence electrons. The zero-order valence-electron chi connectivity index (χ0n) is 16.2. The summed E-state index contributed by atoms with van der Waals surface area (Å²) < 4.78 is 10.9. The van der Waals surface area contributed by atoms with Crippen LogP contribution >= 0.6 is 0 Å². The molecular formula is C20H23N3O5. The minimum absolute atomic E-state index is 0.0245. The Kier molecular flexibility index (Phi) is 5.77. The first-order chi connectivity index (χ1) is 13.3. The number of rotatable bonds is 6. The number of esters is 1. The van der Waals surface area contributed by atoms with E-state index in [9.17, 15) is 14.4 Å². The van der Waals surface area contributed by atoms with Gasteiger partial charge in [-0.3, -0.25) is 14.5 Å². The van der Waals surface area contributed by atoms with Gasteiger partial charge >= 0.3 is 12.0 Å². The monoisotopic (exact) mass is 385 g/mol. The van der Waals surface area contributed by atoms with Crippen molar-refractivity contribution in [3.63, 3.8) is 0 Å². The van der Waals surface area contributed by atoms with Crippen LogP contribution in [0.1, 0.15) is 30.4 Å². The van der Waals surface area contributed by atoms with Crippen molar-refractivity contribution in [2.24, 2.45) is 0 Å². The van der Waals surface area contributed by atoms with Crippen LogP contribution in [0.5, 0.6) is 0 Å². The van der Waals surface area contributed by atoms with E-state index in [1.54, 1.807) is 6.20 Å². The lowest BCUT2D eigenvalue weighted by molar-refractivity contribution is -0.157. The number of aryl methyl sites for hydroxylation is 3. The molecule has 0 saturated carbocycles. The number of ether oxygens (including phenoxy) is 1. The zero-order chi connectivity index (χ0) is 20.3. The van der Waals surface area contributed by atoms with Crippen molar-refractivity contribution in [3.05, 3.63) is 41.4 Å². The van der Waals surface area contributed by atoms with Crippen molar-refractivity contribution in [2.45, 2.75) is 39.7 Å². The van der Waals surface area contributed by atoms with Crippen molar-refractivity contribution >= 4 is 17.9 Å². The van der Waals surface area contributed by atoms with Crippen LogP contribution in [-0.2, 0) is 20.7 Å². The second-order valence-electron chi connectivity index (χ2n) is 6.77. The first-order valence-corrected chi connectivity index (χ1v) is 9.16. The second-order valence-corrected chi connectivity index (χ2v) is 6.77. The Balaban J connectivity index is 1.52. The third-order valence-corrected chi connectivity index (χ3v) is 4.67. The van der Waals surface area contributed by atoms with Crippen LogP contribution < -0.4 is 5.32 Å². The van der Waals surface area contributed by atoms with Crippen molar-refractivity contribution in [3.8, 4) is 11.3 Å². The normalized spacial score (nSPS) is 14.7. The summed E-state index contributed by atoms with van der Waals surface area (Å²) in [4.78, 5) is 40.9. The summed E-state index contributed by atoms with van der Waals surface area (Å²) in [7, 11) is 0. The molecule has 1 aliphatic heterocycles. The van der Waals surface area contributed by atoms with E-state index in [-0.39, 0.29) is 19.4 Å². The van der Waals surface area contributed by atoms with Gasteiger partial charge in [0.1, 0.15) is 0 Å². The summed E-state index contributed by atoms with van der Waals surface area (Å²) >= 11 is 0. The molecule has 1 aromatic heterocycles. The highest BCUT2D eigenvalue weighted by atomic mass is 16.5. The van der Waals surface area contributed by atoms with Gasteiger partial charge in [0.25, 0.3) is 5.91 Å². The molecule has 2 heterocycles. The Hall–Kier alpha value is -3.16. The molecule has 0 spiro atoms. The number of hydrogen-bond donors (Lipinski definition) is 1. The molecule has 3 rings (SSSR count). The van der Waals surface area contributed by atoms with E-state index in [1.807, 2.05) is 32.0 Å². The first kappa shape index (κ1) is 19.6. The zero-order valence-corrected chi connectivity index (χ0v) is 16.2. The van der Waals surface area contributed by atoms with Crippen molar-refractivity contribution in [1.82, 2.24) is 15.2 Å². The van der Waals surface area contributed by atoms with Gasteiger partial charge in [-0.05, 0) is 38.0 Å². The summed E-state index contributed by atoms with van der Waals surface area (Å²) in [5.74, 6) is -0.0268. The second kappa shape index (κ2) is 8.24. The van der Waals surface area contributed by atoms with Gasteiger partial charge in [0.05, 0.1) is 12.6 Å². The third kappa shape index (κ3) is 4.39. The van der Waals surface area contributed by atoms with Crippen LogP contribution in [0.2, 0.25) is 0 Å². The summed E-state index contributed by atoms with van der Waals surface area (Å²) in [6.45, 7) is 6.20. The van der Waals surface area contributed by atoms with Gasteiger partial charge < -0.3 is 14.5 Å². The van der Waals surface area contributed by atoms with E-state index in [4.69, 9.17) is 9.15 Å². The van der Waals surface area contributed by atoms with Crippen LogP contribution in [0.25, 0.3) is 11.3 Å². The van der Waals surface area contributed by atoms with Gasteiger partial charge in [0.15, 0.2) is 17.8 Å². The summed E-state index contributed by atoms with van der Waals surface area (Å²) in [6, 6.07) is 5.54. The Bertz CT molecular complexity index is 905. The van der Waals surface area contributed by atoms with E-state index in [0.717, 1.165) is 16.0 Å². The average molecular weight is 385 g/mol. The molecule has 0 unspecified atom stereocenters. The molecule has 0 radical (unpaired) electrons. The lowest BCUT2D eigenvalue weighted by Gasteiger charge is -2.17. The van der Waals surface area contributed by atoms with E-state index in [1.165, 1.54) is 12.5 Å². The van der Waals surface area contributed by atoms with Crippen LogP contribution in [0.4, 0.5) is 4.79 Å². The summed E-state index contributed by atoms with van der Waals surface area (Å²) in [6.07, 6.45) is 0.890. The van der Waals surface area contributed by atoms with E-state index in [2.05, 4.69) is 10.3 Å². The number of nitrogens with one attached hydrogen (secondary N) is 1. The molecule has 1 fully saturated rings. The van der Waals surface area contributed by atoms with Crippen LogP contribution in [-0.4, -0.2) is 47.0 Å². The van der Waals surface area contributed by atoms with E-state index < -0.39 is 24.0 Å². The summed E-state index contributed by atoms with van der Waals surface area (Å²) in [5.41, 5.74) is 3.28. The van der Waals surface area contributed by atoms with E-state index >= 15 is 0 Å². The molecule has 1 aliphatic rings. The SMILES string of the molecule is Cc1ccc(-c2cnc(CCC(=O)O[C@H](C)C(=O)N3CCNC3=O)o2)cc1C. The Labute approximate surface area is 162 Å². The number of carbonyl (C=O) groups excluding carboxylic acids is 3. The number of aromatic nitrogens is 1. The number of imide groups is 1. The molecule has 2 aromatic rings. The quantitative estimate of drug-likeness (QED) is 0.766. The van der Waals surface area contributed by atoms with E-state index in [0.29, 0.717) is 18.2 Å². The fourth-order valence-electron chi connectivity index (χ4n) is 2.87. The molecule has 3 amide bonds. The molecule has 28 heavy (non-hydrogen) atoms. The summed E-state index contributed by atoms with van der Waals surface area (Å²) in [5, 5.41) is 2.53. The maximum atomic E-state index is 12.1. The molecule has 1 atom stereocenters. The van der Waals surface area contributed by atoms with Gasteiger partial charge in [-0.15, -0.1) is 0 Å².